The zero-order chi connectivity index (χ0) is 85.9. The third-order valence-electron chi connectivity index (χ3n) is 26.6. The van der Waals surface area contributed by atoms with Crippen LogP contribution >= 0.6 is 0 Å². The molecular formula is C96H154N16O5. The van der Waals surface area contributed by atoms with Gasteiger partial charge in [-0.25, -0.2) is 0 Å². The number of rotatable bonds is 4. The molecule has 4 N–H and O–H groups in total. The molecule has 0 atom stereocenters. The van der Waals surface area contributed by atoms with Crippen LogP contribution in [0.25, 0.3) is 0 Å². The predicted octanol–water partition coefficient (Wildman–Crippen LogP) is 13.6. The van der Waals surface area contributed by atoms with Gasteiger partial charge in [-0.1, -0.05) is 23.3 Å². The Balaban J connectivity index is 0.000000139. The fourth-order valence-corrected chi connectivity index (χ4v) is 18.3. The predicted molar refractivity (Wildman–Crippen MR) is 483 cm³/mol. The molecule has 21 nitrogen and oxygen atoms in total. The molecule has 0 fully saturated rings. The van der Waals surface area contributed by atoms with Crippen LogP contribution in [0, 0.1) is 0 Å². The normalized spacial score (nSPS) is 23.9. The van der Waals surface area contributed by atoms with Crippen molar-refractivity contribution in [2.24, 2.45) is 15.0 Å². The summed E-state index contributed by atoms with van der Waals surface area (Å²) >= 11 is 0. The van der Waals surface area contributed by atoms with Crippen molar-refractivity contribution in [2.45, 2.75) is 309 Å². The lowest BCUT2D eigenvalue weighted by atomic mass is 10.0. The standard InChI is InChI=1S/C12H19N.3C11H18N2.C11H17NO.4C10H16N2O/c1-9(2)13-5-4-11-6-10(3)7-12(11)8-13;1-8-10-7-13(11(2,3)4)6-9(10)5-12-8;1-8(2)13-5-4-11-10(7-13)6-9(3)12-11;1-8(2)13-5-4-10-6-9(3)12-11(10)7-13;1-11(2,3)12-6-8-4-10(13)5-9(8)7-12;2*1-10(2,3)12-5-7-4-11-9(13)8(7)6-12;1-10(2,3)12-5-7-4-9(13)11-8(7)6-12;1-7(2)12-4-3-9-8(6-12)5-10(13)11-9/h9H,3-8H2,1-2H3;5-7H2,1-4H3;2*8H,4-7H2,1-3H3;4-7H2,1-3H3;3*4-6H2,1-3H3,(H,11,13);7H,3-6H2,1-2H3,(H,11,13). The van der Waals surface area contributed by atoms with Crippen LogP contribution in [0.15, 0.2) is 128 Å². The number of Topliss-reactive ketones (excluding diaryl/α,β-unsaturated/α-hetero) is 1. The third-order valence-corrected chi connectivity index (χ3v) is 26.6. The van der Waals surface area contributed by atoms with Gasteiger partial charge in [0.1, 0.15) is 5.78 Å². The zero-order valence-corrected chi connectivity index (χ0v) is 77.8. The average Bonchev–Trinajstić information content (AvgIpc) is 1.64. The highest BCUT2D eigenvalue weighted by molar-refractivity contribution is 6.02. The highest BCUT2D eigenvalue weighted by atomic mass is 16.2. The molecule has 0 aromatic carbocycles. The van der Waals surface area contributed by atoms with Crippen molar-refractivity contribution in [3.8, 4) is 0 Å². The monoisotopic (exact) mass is 1610 g/mol. The van der Waals surface area contributed by atoms with Gasteiger partial charge in [-0.15, -0.1) is 0 Å². The maximum Gasteiger partial charge on any atom is 0.248 e. The number of aliphatic imine (C=N–C) groups is 3. The summed E-state index contributed by atoms with van der Waals surface area (Å²) in [5.41, 5.74) is 31.1. The van der Waals surface area contributed by atoms with Crippen LogP contribution in [0.1, 0.15) is 257 Å². The average molecular weight is 1610 g/mol. The van der Waals surface area contributed by atoms with Gasteiger partial charge < -0.3 is 21.3 Å². The van der Waals surface area contributed by atoms with E-state index in [-0.39, 0.29) is 45.8 Å². The Morgan fingerprint density at radius 2 is 0.692 bits per heavy atom. The maximum absolute atomic E-state index is 11.3. The first-order valence-electron chi connectivity index (χ1n) is 44.6. The third kappa shape index (κ3) is 24.7. The topological polar surface area (TPSA) is 200 Å². The van der Waals surface area contributed by atoms with Crippen LogP contribution in [0.4, 0.5) is 0 Å². The lowest BCUT2D eigenvalue weighted by molar-refractivity contribution is -0.119. The summed E-state index contributed by atoms with van der Waals surface area (Å²) in [7, 11) is 0. The highest BCUT2D eigenvalue weighted by Gasteiger charge is 2.41. The summed E-state index contributed by atoms with van der Waals surface area (Å²) in [5, 5.41) is 11.6. The van der Waals surface area contributed by atoms with Gasteiger partial charge in [0, 0.05) is 267 Å². The van der Waals surface area contributed by atoms with E-state index in [1.165, 1.54) is 131 Å². The molecular weight excluding hydrogens is 1460 g/mol. The van der Waals surface area contributed by atoms with Crippen LogP contribution in [-0.4, -0.2) is 280 Å². The number of allylic oxidation sites excluding steroid dienone is 1. The van der Waals surface area contributed by atoms with Crippen molar-refractivity contribution >= 4 is 46.5 Å². The summed E-state index contributed by atoms with van der Waals surface area (Å²) < 4.78 is 0. The molecule has 0 bridgehead atoms. The Kier molecular flexibility index (Phi) is 30.4. The Morgan fingerprint density at radius 1 is 0.333 bits per heavy atom. The van der Waals surface area contributed by atoms with E-state index in [9.17, 15) is 24.0 Å². The molecule has 0 spiro atoms. The van der Waals surface area contributed by atoms with Gasteiger partial charge >= 0.3 is 0 Å². The number of hydrogen-bond donors (Lipinski definition) is 4. The lowest BCUT2D eigenvalue weighted by Crippen LogP contribution is -2.42. The number of hydrogen-bond acceptors (Lipinski definition) is 17. The van der Waals surface area contributed by atoms with Gasteiger partial charge in [0.25, 0.3) is 0 Å². The summed E-state index contributed by atoms with van der Waals surface area (Å²) in [6.07, 6.45) is 12.0. The van der Waals surface area contributed by atoms with Crippen molar-refractivity contribution in [1.82, 2.24) is 65.4 Å². The van der Waals surface area contributed by atoms with Gasteiger partial charge in [-0.3, -0.25) is 83.0 Å². The number of carbonyl (C=O) groups excluding carboxylic acids is 5. The van der Waals surface area contributed by atoms with Crippen LogP contribution in [0.5, 0.6) is 0 Å². The number of likely N-dealkylation sites (tertiary alicyclic amines) is 1. The first kappa shape index (κ1) is 92.9. The summed E-state index contributed by atoms with van der Waals surface area (Å²) in [5.74, 6) is 1.04. The van der Waals surface area contributed by atoms with Crippen LogP contribution in [0.2, 0.25) is 0 Å². The second-order valence-electron chi connectivity index (χ2n) is 42.1. The van der Waals surface area contributed by atoms with Crippen LogP contribution < -0.4 is 21.3 Å². The number of carbonyl (C=O) groups is 5. The SMILES string of the molecule is C=C1CC2=C(C1)CN(C(C)C)CC2.CC(C)(C)N1CC2=C(C1)C(=O)NC2.CC(C)(C)N1CC2=C(C1)C(=O)NC2.CC(C)(C)N1CC2=C(C1)NC(=O)C2.CC(C)(C)N1CC2=C(CC(=O)C2)C1.CC(C)N1CCC2=C(CC(=O)N2)C1.CC1=NC2=C(C1)CN(C(C)C)CC2.CC1=NC2=C(CCN(C(C)C)C2)C1.CC1=NCC2=C1CN(C(C)(C)C)C2. The summed E-state index contributed by atoms with van der Waals surface area (Å²) in [6.45, 7) is 83.1. The van der Waals surface area contributed by atoms with Gasteiger partial charge in [-0.05, 0) is 261 Å². The van der Waals surface area contributed by atoms with Crippen LogP contribution in [0.3, 0.4) is 0 Å². The minimum Gasteiger partial charge on any atom is -0.348 e. The van der Waals surface area contributed by atoms with Gasteiger partial charge in [-0.2, -0.15) is 0 Å². The van der Waals surface area contributed by atoms with Crippen molar-refractivity contribution < 1.29 is 24.0 Å². The number of nitrogens with one attached hydrogen (secondary N) is 4. The largest absolute Gasteiger partial charge is 0.348 e. The van der Waals surface area contributed by atoms with E-state index in [4.69, 9.17) is 0 Å². The van der Waals surface area contributed by atoms with Crippen molar-refractivity contribution in [2.75, 3.05) is 137 Å². The molecule has 18 aliphatic rings. The number of amides is 4. The maximum atomic E-state index is 11.3. The fraction of sp³-hybridized carbons (Fsp3) is 0.708. The van der Waals surface area contributed by atoms with Gasteiger partial charge in [0.05, 0.1) is 25.1 Å². The first-order chi connectivity index (χ1) is 54.5. The number of nitrogens with zero attached hydrogens (tertiary/aromatic N) is 12. The molecule has 18 rings (SSSR count). The molecule has 2 aliphatic carbocycles. The van der Waals surface area contributed by atoms with E-state index in [1.54, 1.807) is 27.9 Å². The molecule has 648 valence electrons. The fourth-order valence-electron chi connectivity index (χ4n) is 18.3. The molecule has 4 amide bonds. The second-order valence-corrected chi connectivity index (χ2v) is 42.1. The molecule has 0 aromatic rings. The Morgan fingerprint density at radius 3 is 1.16 bits per heavy atom. The molecule has 0 saturated heterocycles. The van der Waals surface area contributed by atoms with Crippen molar-refractivity contribution in [3.05, 3.63) is 113 Å². The zero-order valence-electron chi connectivity index (χ0n) is 77.8. The van der Waals surface area contributed by atoms with E-state index in [1.807, 2.05) is 0 Å². The highest BCUT2D eigenvalue weighted by Crippen LogP contribution is 2.39. The van der Waals surface area contributed by atoms with Gasteiger partial charge in [0.15, 0.2) is 0 Å². The summed E-state index contributed by atoms with van der Waals surface area (Å²) in [6, 6.07) is 2.62. The second kappa shape index (κ2) is 38.3. The molecule has 0 radical (unpaired) electrons. The molecule has 117 heavy (non-hydrogen) atoms. The molecule has 21 heteroatoms. The van der Waals surface area contributed by atoms with Crippen molar-refractivity contribution in [1.29, 1.82) is 0 Å². The number of ketones is 1. The Hall–Kier alpha value is -6.40. The molecule has 16 aliphatic heterocycles. The Bertz CT molecular complexity index is 3950. The minimum atomic E-state index is 0.141. The quantitative estimate of drug-likeness (QED) is 0.194. The van der Waals surface area contributed by atoms with E-state index in [0.29, 0.717) is 48.3 Å². The van der Waals surface area contributed by atoms with E-state index < -0.39 is 0 Å². The molecule has 0 saturated carbocycles. The minimum absolute atomic E-state index is 0.141. The van der Waals surface area contributed by atoms with E-state index in [0.717, 1.165) is 167 Å². The molecule has 16 heterocycles. The van der Waals surface area contributed by atoms with E-state index in [2.05, 4.69) is 267 Å². The van der Waals surface area contributed by atoms with Gasteiger partial charge in [0.2, 0.25) is 23.6 Å². The van der Waals surface area contributed by atoms with Crippen LogP contribution in [-0.2, 0) is 24.0 Å². The lowest BCUT2D eigenvalue weighted by Gasteiger charge is -2.32. The smallest absolute Gasteiger partial charge is 0.248 e. The van der Waals surface area contributed by atoms with Crippen molar-refractivity contribution in [3.63, 3.8) is 0 Å². The first-order valence-corrected chi connectivity index (χ1v) is 44.6. The molecule has 0 unspecified atom stereocenters. The molecule has 0 aromatic heterocycles. The Labute approximate surface area is 706 Å². The summed E-state index contributed by atoms with van der Waals surface area (Å²) in [4.78, 5) is 91.7. The van der Waals surface area contributed by atoms with E-state index >= 15 is 0 Å².